The first kappa shape index (κ1) is 16.2. The van der Waals surface area contributed by atoms with Crippen molar-refractivity contribution >= 4 is 0 Å². The minimum absolute atomic E-state index is 0.126. The molecule has 3 rings (SSSR count). The Bertz CT molecular complexity index is 605. The fraction of sp³-hybridized carbons (Fsp3) is 0.526. The number of aromatic nitrogens is 2. The van der Waals surface area contributed by atoms with E-state index in [1.165, 1.54) is 24.1 Å². The molecule has 0 saturated carbocycles. The average molecular weight is 313 g/mol. The Hall–Kier alpha value is -1.65. The fourth-order valence-electron chi connectivity index (χ4n) is 3.11. The highest BCUT2D eigenvalue weighted by atomic mass is 16.3. The second-order valence-corrected chi connectivity index (χ2v) is 6.51. The van der Waals surface area contributed by atoms with Crippen LogP contribution in [-0.4, -0.2) is 45.5 Å². The van der Waals surface area contributed by atoms with Crippen LogP contribution in [0.4, 0.5) is 0 Å². The molecule has 0 aliphatic carbocycles. The van der Waals surface area contributed by atoms with Crippen molar-refractivity contribution in [2.24, 2.45) is 0 Å². The van der Waals surface area contributed by atoms with Crippen LogP contribution in [0.3, 0.4) is 0 Å². The molecule has 1 aromatic carbocycles. The van der Waals surface area contributed by atoms with Gasteiger partial charge >= 0.3 is 0 Å². The lowest BCUT2D eigenvalue weighted by molar-refractivity contribution is 0.177. The van der Waals surface area contributed by atoms with Crippen LogP contribution in [0, 0.1) is 0 Å². The van der Waals surface area contributed by atoms with Crippen LogP contribution in [0.1, 0.15) is 37.4 Å². The van der Waals surface area contributed by atoms with Gasteiger partial charge in [-0.15, -0.1) is 0 Å². The van der Waals surface area contributed by atoms with Crippen LogP contribution >= 0.6 is 0 Å². The summed E-state index contributed by atoms with van der Waals surface area (Å²) in [6.07, 6.45) is 7.33. The summed E-state index contributed by atoms with van der Waals surface area (Å²) in [5, 5.41) is 14.2. The molecule has 0 amide bonds. The number of nitrogens with zero attached hydrogens (tertiary/aromatic N) is 3. The third-order valence-corrected chi connectivity index (χ3v) is 4.60. The summed E-state index contributed by atoms with van der Waals surface area (Å²) in [6.45, 7) is 5.08. The van der Waals surface area contributed by atoms with Gasteiger partial charge in [0.15, 0.2) is 0 Å². The zero-order valence-corrected chi connectivity index (χ0v) is 14.0. The SMILES string of the molecule is CCCCc1ccn(-c2ccc(CCN3CC[C@H](O)C3)cc2)n1. The van der Waals surface area contributed by atoms with E-state index in [9.17, 15) is 5.11 Å². The van der Waals surface area contributed by atoms with E-state index in [0.29, 0.717) is 0 Å². The molecule has 1 N–H and O–H groups in total. The predicted octanol–water partition coefficient (Wildman–Crippen LogP) is 2.82. The third-order valence-electron chi connectivity index (χ3n) is 4.60. The zero-order chi connectivity index (χ0) is 16.1. The van der Waals surface area contributed by atoms with Gasteiger partial charge < -0.3 is 10.0 Å². The fourth-order valence-corrected chi connectivity index (χ4v) is 3.11. The molecule has 1 atom stereocenters. The number of hydrogen-bond acceptors (Lipinski definition) is 3. The molecule has 1 aliphatic heterocycles. The van der Waals surface area contributed by atoms with Gasteiger partial charge in [0.25, 0.3) is 0 Å². The first-order chi connectivity index (χ1) is 11.2. The van der Waals surface area contributed by atoms with Crippen LogP contribution in [0.2, 0.25) is 0 Å². The van der Waals surface area contributed by atoms with Crippen LogP contribution in [0.5, 0.6) is 0 Å². The summed E-state index contributed by atoms with van der Waals surface area (Å²) < 4.78 is 1.96. The molecular formula is C19H27N3O. The molecule has 1 aliphatic rings. The van der Waals surface area contributed by atoms with Gasteiger partial charge in [0.05, 0.1) is 17.5 Å². The normalized spacial score (nSPS) is 18.6. The van der Waals surface area contributed by atoms with Crippen LogP contribution in [-0.2, 0) is 12.8 Å². The van der Waals surface area contributed by atoms with E-state index >= 15 is 0 Å². The van der Waals surface area contributed by atoms with Gasteiger partial charge in [-0.25, -0.2) is 4.68 Å². The Morgan fingerprint density at radius 1 is 1.17 bits per heavy atom. The van der Waals surface area contributed by atoms with Crippen molar-refractivity contribution in [2.45, 2.75) is 45.1 Å². The molecule has 0 spiro atoms. The number of hydrogen-bond donors (Lipinski definition) is 1. The van der Waals surface area contributed by atoms with Crippen LogP contribution in [0.15, 0.2) is 36.5 Å². The smallest absolute Gasteiger partial charge is 0.0679 e. The molecule has 1 aromatic heterocycles. The minimum Gasteiger partial charge on any atom is -0.392 e. The standard InChI is InChI=1S/C19H27N3O/c1-2-3-4-17-10-14-22(20-17)18-7-5-16(6-8-18)9-12-21-13-11-19(23)15-21/h5-8,10,14,19,23H,2-4,9,11-13,15H2,1H3/t19-/m0/s1. The number of benzene rings is 1. The van der Waals surface area contributed by atoms with Gasteiger partial charge in [-0.1, -0.05) is 25.5 Å². The van der Waals surface area contributed by atoms with Crippen LogP contribution < -0.4 is 0 Å². The van der Waals surface area contributed by atoms with Crippen molar-refractivity contribution in [1.82, 2.24) is 14.7 Å². The van der Waals surface area contributed by atoms with Crippen molar-refractivity contribution in [3.05, 3.63) is 47.8 Å². The Morgan fingerprint density at radius 2 is 2.00 bits per heavy atom. The van der Waals surface area contributed by atoms with Crippen molar-refractivity contribution in [3.63, 3.8) is 0 Å². The molecule has 124 valence electrons. The van der Waals surface area contributed by atoms with Gasteiger partial charge in [-0.05, 0) is 49.4 Å². The largest absolute Gasteiger partial charge is 0.392 e. The van der Waals surface area contributed by atoms with E-state index in [1.807, 2.05) is 10.9 Å². The van der Waals surface area contributed by atoms with E-state index in [2.05, 4.69) is 47.3 Å². The molecule has 4 heteroatoms. The van der Waals surface area contributed by atoms with E-state index in [4.69, 9.17) is 0 Å². The van der Waals surface area contributed by atoms with Crippen molar-refractivity contribution < 1.29 is 5.11 Å². The van der Waals surface area contributed by atoms with Gasteiger partial charge in [-0.3, -0.25) is 0 Å². The first-order valence-corrected chi connectivity index (χ1v) is 8.79. The quantitative estimate of drug-likeness (QED) is 0.854. The number of aliphatic hydroxyl groups is 1. The number of unbranched alkanes of at least 4 members (excludes halogenated alkanes) is 1. The van der Waals surface area contributed by atoms with E-state index in [-0.39, 0.29) is 6.10 Å². The number of likely N-dealkylation sites (tertiary alicyclic amines) is 1. The third kappa shape index (κ3) is 4.43. The number of aliphatic hydroxyl groups excluding tert-OH is 1. The molecule has 2 aromatic rings. The molecule has 0 unspecified atom stereocenters. The van der Waals surface area contributed by atoms with E-state index in [0.717, 1.165) is 44.6 Å². The molecular weight excluding hydrogens is 286 g/mol. The topological polar surface area (TPSA) is 41.3 Å². The number of β-amino-alcohol motifs (C(OH)–C–C–N with tert-alkyl or cyclic N) is 1. The summed E-state index contributed by atoms with van der Waals surface area (Å²) in [7, 11) is 0. The molecule has 2 heterocycles. The lowest BCUT2D eigenvalue weighted by Crippen LogP contribution is -2.24. The Balaban J connectivity index is 1.55. The Labute approximate surface area is 138 Å². The predicted molar refractivity (Wildman–Crippen MR) is 92.9 cm³/mol. The first-order valence-electron chi connectivity index (χ1n) is 8.79. The maximum Gasteiger partial charge on any atom is 0.0679 e. The summed E-state index contributed by atoms with van der Waals surface area (Å²) >= 11 is 0. The monoisotopic (exact) mass is 313 g/mol. The van der Waals surface area contributed by atoms with E-state index < -0.39 is 0 Å². The molecule has 1 saturated heterocycles. The van der Waals surface area contributed by atoms with Gasteiger partial charge in [0, 0.05) is 25.8 Å². The average Bonchev–Trinajstić information content (AvgIpc) is 3.20. The van der Waals surface area contributed by atoms with Crippen molar-refractivity contribution in [3.8, 4) is 5.69 Å². The molecule has 0 bridgehead atoms. The summed E-state index contributed by atoms with van der Waals surface area (Å²) in [5.41, 5.74) is 3.63. The lowest BCUT2D eigenvalue weighted by Gasteiger charge is -2.14. The second-order valence-electron chi connectivity index (χ2n) is 6.51. The summed E-state index contributed by atoms with van der Waals surface area (Å²) in [6, 6.07) is 10.8. The van der Waals surface area contributed by atoms with Gasteiger partial charge in [0.1, 0.15) is 0 Å². The Kier molecular flexibility index (Phi) is 5.47. The summed E-state index contributed by atoms with van der Waals surface area (Å²) in [4.78, 5) is 2.34. The number of aryl methyl sites for hydroxylation is 1. The zero-order valence-electron chi connectivity index (χ0n) is 14.0. The summed E-state index contributed by atoms with van der Waals surface area (Å²) in [5.74, 6) is 0. The molecule has 4 nitrogen and oxygen atoms in total. The molecule has 1 fully saturated rings. The van der Waals surface area contributed by atoms with Gasteiger partial charge in [-0.2, -0.15) is 5.10 Å². The highest BCUT2D eigenvalue weighted by Crippen LogP contribution is 2.13. The van der Waals surface area contributed by atoms with E-state index in [1.54, 1.807) is 0 Å². The maximum absolute atomic E-state index is 9.56. The maximum atomic E-state index is 9.56. The Morgan fingerprint density at radius 3 is 2.70 bits per heavy atom. The van der Waals surface area contributed by atoms with Crippen molar-refractivity contribution in [2.75, 3.05) is 19.6 Å². The molecule has 23 heavy (non-hydrogen) atoms. The van der Waals surface area contributed by atoms with Crippen molar-refractivity contribution in [1.29, 1.82) is 0 Å². The van der Waals surface area contributed by atoms with Crippen LogP contribution in [0.25, 0.3) is 5.69 Å². The lowest BCUT2D eigenvalue weighted by atomic mass is 10.1. The highest BCUT2D eigenvalue weighted by molar-refractivity contribution is 5.34. The highest BCUT2D eigenvalue weighted by Gasteiger charge is 2.19. The number of rotatable bonds is 7. The second kappa shape index (κ2) is 7.75. The van der Waals surface area contributed by atoms with Gasteiger partial charge in [0.2, 0.25) is 0 Å². The minimum atomic E-state index is -0.126. The molecule has 0 radical (unpaired) electrons.